The first kappa shape index (κ1) is 10.3. The van der Waals surface area contributed by atoms with Crippen molar-refractivity contribution in [2.24, 2.45) is 0 Å². The van der Waals surface area contributed by atoms with Crippen LogP contribution in [0.25, 0.3) is 10.9 Å². The number of hydrogen-bond donors (Lipinski definition) is 0. The third-order valence-corrected chi connectivity index (χ3v) is 3.58. The molecule has 1 aromatic carbocycles. The van der Waals surface area contributed by atoms with E-state index in [1.54, 1.807) is 0 Å². The summed E-state index contributed by atoms with van der Waals surface area (Å²) in [5.41, 5.74) is 1.14. The maximum Gasteiger partial charge on any atom is 0.150 e. The van der Waals surface area contributed by atoms with E-state index in [2.05, 4.69) is 33.2 Å². The Morgan fingerprint density at radius 1 is 1.31 bits per heavy atom. The summed E-state index contributed by atoms with van der Waals surface area (Å²) >= 11 is 3.50. The molecule has 1 aliphatic heterocycles. The summed E-state index contributed by atoms with van der Waals surface area (Å²) in [6.07, 6.45) is 3.54. The van der Waals surface area contributed by atoms with Gasteiger partial charge in [0.05, 0.1) is 5.52 Å². The Morgan fingerprint density at radius 3 is 3.00 bits per heavy atom. The van der Waals surface area contributed by atoms with Gasteiger partial charge >= 0.3 is 0 Å². The molecule has 3 nitrogen and oxygen atoms in total. The van der Waals surface area contributed by atoms with Gasteiger partial charge in [-0.25, -0.2) is 4.68 Å². The van der Waals surface area contributed by atoms with E-state index < -0.39 is 0 Å². The van der Waals surface area contributed by atoms with Gasteiger partial charge in [-0.1, -0.05) is 18.2 Å². The number of benzene rings is 1. The first-order valence-corrected chi connectivity index (χ1v) is 6.40. The van der Waals surface area contributed by atoms with Gasteiger partial charge in [0.2, 0.25) is 0 Å². The van der Waals surface area contributed by atoms with Gasteiger partial charge in [0.1, 0.15) is 4.60 Å². The lowest BCUT2D eigenvalue weighted by molar-refractivity contribution is -0.0368. The van der Waals surface area contributed by atoms with Crippen LogP contribution in [0.1, 0.15) is 25.5 Å². The van der Waals surface area contributed by atoms with Crippen molar-refractivity contribution in [1.29, 1.82) is 0 Å². The van der Waals surface area contributed by atoms with Crippen LogP contribution in [-0.2, 0) is 4.74 Å². The first-order chi connectivity index (χ1) is 7.86. The molecule has 84 valence electrons. The Kier molecular flexibility index (Phi) is 2.69. The largest absolute Gasteiger partial charge is 0.356 e. The molecule has 3 rings (SSSR count). The zero-order valence-electron chi connectivity index (χ0n) is 8.90. The fourth-order valence-corrected chi connectivity index (χ4v) is 2.69. The van der Waals surface area contributed by atoms with Crippen molar-refractivity contribution >= 4 is 26.8 Å². The zero-order valence-corrected chi connectivity index (χ0v) is 10.5. The van der Waals surface area contributed by atoms with E-state index in [1.165, 1.54) is 6.42 Å². The molecule has 1 aromatic heterocycles. The minimum absolute atomic E-state index is 0.102. The molecule has 4 heteroatoms. The third kappa shape index (κ3) is 1.66. The molecule has 0 saturated carbocycles. The van der Waals surface area contributed by atoms with Crippen molar-refractivity contribution in [3.05, 3.63) is 28.9 Å². The van der Waals surface area contributed by atoms with Crippen molar-refractivity contribution in [1.82, 2.24) is 9.78 Å². The summed E-state index contributed by atoms with van der Waals surface area (Å²) in [7, 11) is 0. The molecular formula is C12H13BrN2O. The van der Waals surface area contributed by atoms with E-state index in [-0.39, 0.29) is 6.23 Å². The third-order valence-electron chi connectivity index (χ3n) is 3.00. The summed E-state index contributed by atoms with van der Waals surface area (Å²) in [5, 5.41) is 5.67. The highest BCUT2D eigenvalue weighted by Crippen LogP contribution is 2.29. The normalized spacial score (nSPS) is 21.4. The van der Waals surface area contributed by atoms with E-state index in [1.807, 2.05) is 16.8 Å². The predicted molar refractivity (Wildman–Crippen MR) is 66.3 cm³/mol. The summed E-state index contributed by atoms with van der Waals surface area (Å²) in [4.78, 5) is 0. The first-order valence-electron chi connectivity index (χ1n) is 5.60. The van der Waals surface area contributed by atoms with Crippen LogP contribution in [-0.4, -0.2) is 16.4 Å². The molecule has 16 heavy (non-hydrogen) atoms. The molecule has 1 aliphatic rings. The Bertz CT molecular complexity index is 503. The average molecular weight is 281 g/mol. The van der Waals surface area contributed by atoms with Crippen molar-refractivity contribution in [2.45, 2.75) is 25.5 Å². The SMILES string of the molecule is Brc1nn(C2CCCCO2)c2ccccc12. The highest BCUT2D eigenvalue weighted by atomic mass is 79.9. The Hall–Kier alpha value is -0.870. The number of rotatable bonds is 1. The minimum Gasteiger partial charge on any atom is -0.356 e. The van der Waals surface area contributed by atoms with Crippen LogP contribution >= 0.6 is 15.9 Å². The van der Waals surface area contributed by atoms with Gasteiger partial charge in [0, 0.05) is 12.0 Å². The van der Waals surface area contributed by atoms with Crippen molar-refractivity contribution < 1.29 is 4.74 Å². The van der Waals surface area contributed by atoms with Crippen LogP contribution in [0.5, 0.6) is 0 Å². The second kappa shape index (κ2) is 4.18. The van der Waals surface area contributed by atoms with Crippen molar-refractivity contribution in [3.63, 3.8) is 0 Å². The number of hydrogen-bond acceptors (Lipinski definition) is 2. The Morgan fingerprint density at radius 2 is 2.19 bits per heavy atom. The standard InChI is InChI=1S/C12H13BrN2O/c13-12-9-5-1-2-6-10(9)15(14-12)11-7-3-4-8-16-11/h1-2,5-6,11H,3-4,7-8H2. The highest BCUT2D eigenvalue weighted by Gasteiger charge is 2.19. The van der Waals surface area contributed by atoms with Crippen LogP contribution in [0, 0.1) is 0 Å². The molecule has 0 N–H and O–H groups in total. The van der Waals surface area contributed by atoms with Crippen LogP contribution in [0.2, 0.25) is 0 Å². The lowest BCUT2D eigenvalue weighted by Gasteiger charge is -2.23. The maximum atomic E-state index is 5.77. The number of ether oxygens (including phenoxy) is 1. The van der Waals surface area contributed by atoms with Gasteiger partial charge < -0.3 is 4.74 Å². The van der Waals surface area contributed by atoms with E-state index in [9.17, 15) is 0 Å². The van der Waals surface area contributed by atoms with E-state index >= 15 is 0 Å². The average Bonchev–Trinajstić information content (AvgIpc) is 2.69. The highest BCUT2D eigenvalue weighted by molar-refractivity contribution is 9.10. The van der Waals surface area contributed by atoms with Crippen LogP contribution in [0.3, 0.4) is 0 Å². The molecule has 1 unspecified atom stereocenters. The second-order valence-corrected chi connectivity index (χ2v) is 4.82. The fourth-order valence-electron chi connectivity index (χ4n) is 2.19. The molecule has 1 saturated heterocycles. The Balaban J connectivity index is 2.08. The number of nitrogens with zero attached hydrogens (tertiary/aromatic N) is 2. The predicted octanol–water partition coefficient (Wildman–Crippen LogP) is 3.50. The van der Waals surface area contributed by atoms with Gasteiger partial charge in [-0.15, -0.1) is 0 Å². The number of halogens is 1. The molecule has 1 fully saturated rings. The van der Waals surface area contributed by atoms with Crippen LogP contribution in [0.4, 0.5) is 0 Å². The molecular weight excluding hydrogens is 268 g/mol. The molecule has 0 amide bonds. The number of fused-ring (bicyclic) bond motifs is 1. The molecule has 0 spiro atoms. The second-order valence-electron chi connectivity index (χ2n) is 4.07. The molecule has 2 aromatic rings. The number of aromatic nitrogens is 2. The van der Waals surface area contributed by atoms with Gasteiger partial charge in [0.15, 0.2) is 6.23 Å². The Labute approximate surface area is 103 Å². The van der Waals surface area contributed by atoms with E-state index in [4.69, 9.17) is 4.74 Å². The molecule has 0 aliphatic carbocycles. The van der Waals surface area contributed by atoms with E-state index in [0.717, 1.165) is 35.0 Å². The molecule has 0 bridgehead atoms. The zero-order chi connectivity index (χ0) is 11.0. The molecule has 0 radical (unpaired) electrons. The summed E-state index contributed by atoms with van der Waals surface area (Å²) in [6.45, 7) is 0.844. The summed E-state index contributed by atoms with van der Waals surface area (Å²) in [5.74, 6) is 0. The summed E-state index contributed by atoms with van der Waals surface area (Å²) < 4.78 is 8.66. The van der Waals surface area contributed by atoms with Crippen LogP contribution < -0.4 is 0 Å². The summed E-state index contributed by atoms with van der Waals surface area (Å²) in [6, 6.07) is 8.23. The van der Waals surface area contributed by atoms with Crippen molar-refractivity contribution in [3.8, 4) is 0 Å². The quantitative estimate of drug-likeness (QED) is 0.800. The molecule has 1 atom stereocenters. The van der Waals surface area contributed by atoms with Gasteiger partial charge in [-0.3, -0.25) is 0 Å². The lowest BCUT2D eigenvalue weighted by atomic mass is 10.2. The number of para-hydroxylation sites is 1. The van der Waals surface area contributed by atoms with Gasteiger partial charge in [-0.2, -0.15) is 5.10 Å². The van der Waals surface area contributed by atoms with Crippen molar-refractivity contribution in [2.75, 3.05) is 6.61 Å². The minimum atomic E-state index is 0.102. The lowest BCUT2D eigenvalue weighted by Crippen LogP contribution is -2.18. The topological polar surface area (TPSA) is 27.1 Å². The maximum absolute atomic E-state index is 5.77. The van der Waals surface area contributed by atoms with E-state index in [0.29, 0.717) is 0 Å². The molecule has 2 heterocycles. The van der Waals surface area contributed by atoms with Gasteiger partial charge in [0.25, 0.3) is 0 Å². The van der Waals surface area contributed by atoms with Gasteiger partial charge in [-0.05, 0) is 41.3 Å². The monoisotopic (exact) mass is 280 g/mol. The van der Waals surface area contributed by atoms with Crippen LogP contribution in [0.15, 0.2) is 28.9 Å². The smallest absolute Gasteiger partial charge is 0.150 e. The fraction of sp³-hybridized carbons (Fsp3) is 0.417.